The van der Waals surface area contributed by atoms with Gasteiger partial charge in [0.2, 0.25) is 0 Å². The Balaban J connectivity index is 2.02. The molecular weight excluding hydrogens is 290 g/mol. The Bertz CT molecular complexity index is 660. The van der Waals surface area contributed by atoms with Gasteiger partial charge >= 0.3 is 0 Å². The minimum Gasteiger partial charge on any atom is -0.493 e. The molecule has 5 nitrogen and oxygen atoms in total. The summed E-state index contributed by atoms with van der Waals surface area (Å²) in [6, 6.07) is 4.06. The molecule has 0 amide bonds. The van der Waals surface area contributed by atoms with Crippen LogP contribution in [0.1, 0.15) is 32.0 Å². The van der Waals surface area contributed by atoms with Crippen LogP contribution in [0.2, 0.25) is 0 Å². The van der Waals surface area contributed by atoms with Crippen molar-refractivity contribution in [3.8, 4) is 11.5 Å². The first-order valence-corrected chi connectivity index (χ1v) is 8.58. The maximum absolute atomic E-state index is 5.48. The fraction of sp³-hybridized carbons (Fsp3) is 0.611. The molecule has 1 aromatic heterocycles. The topological polar surface area (TPSA) is 48.3 Å². The Morgan fingerprint density at radius 2 is 2.04 bits per heavy atom. The average molecular weight is 317 g/mol. The lowest BCUT2D eigenvalue weighted by molar-refractivity contribution is 0.336. The Morgan fingerprint density at radius 1 is 1.26 bits per heavy atom. The van der Waals surface area contributed by atoms with Crippen molar-refractivity contribution >= 4 is 11.0 Å². The molecule has 1 N–H and O–H groups in total. The normalized spacial score (nSPS) is 18.3. The fourth-order valence-electron chi connectivity index (χ4n) is 3.46. The van der Waals surface area contributed by atoms with Crippen LogP contribution in [-0.2, 0) is 13.0 Å². The first kappa shape index (κ1) is 16.1. The number of fused-ring (bicyclic) bond motifs is 1. The summed E-state index contributed by atoms with van der Waals surface area (Å²) in [7, 11) is 3.35. The van der Waals surface area contributed by atoms with Crippen molar-refractivity contribution in [1.82, 2.24) is 14.9 Å². The highest BCUT2D eigenvalue weighted by Crippen LogP contribution is 2.33. The Hall–Kier alpha value is -1.75. The van der Waals surface area contributed by atoms with Crippen LogP contribution in [0.25, 0.3) is 11.0 Å². The molecule has 0 saturated carbocycles. The van der Waals surface area contributed by atoms with E-state index in [1.54, 1.807) is 14.2 Å². The van der Waals surface area contributed by atoms with Gasteiger partial charge in [-0.1, -0.05) is 6.92 Å². The third-order valence-electron chi connectivity index (χ3n) is 4.65. The molecule has 1 aliphatic heterocycles. The highest BCUT2D eigenvalue weighted by molar-refractivity contribution is 5.80. The van der Waals surface area contributed by atoms with E-state index in [4.69, 9.17) is 14.5 Å². The summed E-state index contributed by atoms with van der Waals surface area (Å²) in [5, 5.41) is 3.51. The molecule has 5 heteroatoms. The predicted molar refractivity (Wildman–Crippen MR) is 92.4 cm³/mol. The number of imidazole rings is 1. The van der Waals surface area contributed by atoms with Crippen molar-refractivity contribution in [3.63, 3.8) is 0 Å². The molecule has 0 spiro atoms. The van der Waals surface area contributed by atoms with Crippen molar-refractivity contribution in [2.45, 2.75) is 39.2 Å². The van der Waals surface area contributed by atoms with Gasteiger partial charge in [-0.2, -0.15) is 0 Å². The van der Waals surface area contributed by atoms with Crippen LogP contribution in [0.5, 0.6) is 11.5 Å². The van der Waals surface area contributed by atoms with E-state index in [9.17, 15) is 0 Å². The minimum absolute atomic E-state index is 0.671. The van der Waals surface area contributed by atoms with Gasteiger partial charge in [0.1, 0.15) is 5.82 Å². The first-order chi connectivity index (χ1) is 11.3. The summed E-state index contributed by atoms with van der Waals surface area (Å²) in [5.74, 6) is 3.35. The van der Waals surface area contributed by atoms with Gasteiger partial charge in [-0.3, -0.25) is 0 Å². The van der Waals surface area contributed by atoms with E-state index in [2.05, 4.69) is 22.9 Å². The van der Waals surface area contributed by atoms with Gasteiger partial charge in [0.15, 0.2) is 11.5 Å². The second kappa shape index (κ2) is 7.21. The molecule has 0 radical (unpaired) electrons. The van der Waals surface area contributed by atoms with Gasteiger partial charge in [-0.05, 0) is 38.3 Å². The molecule has 1 unspecified atom stereocenters. The van der Waals surface area contributed by atoms with Crippen LogP contribution in [0, 0.1) is 5.92 Å². The molecule has 1 atom stereocenters. The summed E-state index contributed by atoms with van der Waals surface area (Å²) in [4.78, 5) is 4.86. The van der Waals surface area contributed by atoms with Gasteiger partial charge in [-0.15, -0.1) is 0 Å². The number of nitrogens with one attached hydrogen (secondary N) is 1. The molecule has 1 aromatic carbocycles. The van der Waals surface area contributed by atoms with E-state index in [-0.39, 0.29) is 0 Å². The maximum atomic E-state index is 5.48. The lowest BCUT2D eigenvalue weighted by Crippen LogP contribution is -2.32. The van der Waals surface area contributed by atoms with Crippen LogP contribution in [0.3, 0.4) is 0 Å². The van der Waals surface area contributed by atoms with Gasteiger partial charge in [0, 0.05) is 25.1 Å². The molecule has 0 bridgehead atoms. The molecule has 2 heterocycles. The number of hydrogen-bond donors (Lipinski definition) is 1. The lowest BCUT2D eigenvalue weighted by Gasteiger charge is -2.24. The summed E-state index contributed by atoms with van der Waals surface area (Å²) < 4.78 is 13.3. The predicted octanol–water partition coefficient (Wildman–Crippen LogP) is 3.01. The lowest BCUT2D eigenvalue weighted by atomic mass is 9.99. The van der Waals surface area contributed by atoms with Gasteiger partial charge < -0.3 is 19.4 Å². The zero-order valence-corrected chi connectivity index (χ0v) is 14.4. The van der Waals surface area contributed by atoms with Crippen molar-refractivity contribution < 1.29 is 9.47 Å². The standard InChI is InChI=1S/C18H27N3O2/c1-4-6-18-20-14-9-16(22-2)17(23-3)10-15(14)21(18)12-13-7-5-8-19-11-13/h9-10,13,19H,4-8,11-12H2,1-3H3. The highest BCUT2D eigenvalue weighted by atomic mass is 16.5. The monoisotopic (exact) mass is 317 g/mol. The van der Waals surface area contributed by atoms with E-state index in [1.165, 1.54) is 18.7 Å². The van der Waals surface area contributed by atoms with E-state index >= 15 is 0 Å². The fourth-order valence-corrected chi connectivity index (χ4v) is 3.46. The Labute approximate surface area is 138 Å². The van der Waals surface area contributed by atoms with E-state index in [1.807, 2.05) is 6.07 Å². The second-order valence-corrected chi connectivity index (χ2v) is 6.30. The van der Waals surface area contributed by atoms with Gasteiger partial charge in [0.05, 0.1) is 25.3 Å². The number of piperidine rings is 1. The van der Waals surface area contributed by atoms with Crippen LogP contribution in [-0.4, -0.2) is 36.9 Å². The van der Waals surface area contributed by atoms with Crippen molar-refractivity contribution in [2.75, 3.05) is 27.3 Å². The van der Waals surface area contributed by atoms with E-state index in [0.717, 1.165) is 55.0 Å². The number of nitrogens with zero attached hydrogens (tertiary/aromatic N) is 2. The number of ether oxygens (including phenoxy) is 2. The average Bonchev–Trinajstić information content (AvgIpc) is 2.91. The zero-order valence-electron chi connectivity index (χ0n) is 14.4. The molecule has 1 aliphatic rings. The highest BCUT2D eigenvalue weighted by Gasteiger charge is 2.19. The molecular formula is C18H27N3O2. The molecule has 23 heavy (non-hydrogen) atoms. The van der Waals surface area contributed by atoms with Crippen molar-refractivity contribution in [3.05, 3.63) is 18.0 Å². The van der Waals surface area contributed by atoms with E-state index in [0.29, 0.717) is 5.92 Å². The number of aromatic nitrogens is 2. The summed E-state index contributed by atoms with van der Waals surface area (Å²) in [5.41, 5.74) is 2.14. The van der Waals surface area contributed by atoms with Crippen LogP contribution in [0.4, 0.5) is 0 Å². The SMILES string of the molecule is CCCc1nc2cc(OC)c(OC)cc2n1CC1CCCNC1. The number of methoxy groups -OCH3 is 2. The zero-order chi connectivity index (χ0) is 16.2. The molecule has 3 rings (SSSR count). The number of rotatable bonds is 6. The number of aryl methyl sites for hydroxylation is 1. The Kier molecular flexibility index (Phi) is 5.06. The first-order valence-electron chi connectivity index (χ1n) is 8.58. The summed E-state index contributed by atoms with van der Waals surface area (Å²) in [6.45, 7) is 5.47. The van der Waals surface area contributed by atoms with E-state index < -0.39 is 0 Å². The second-order valence-electron chi connectivity index (χ2n) is 6.30. The minimum atomic E-state index is 0.671. The van der Waals surface area contributed by atoms with Crippen LogP contribution >= 0.6 is 0 Å². The summed E-state index contributed by atoms with van der Waals surface area (Å²) >= 11 is 0. The molecule has 1 fully saturated rings. The van der Waals surface area contributed by atoms with Crippen LogP contribution in [0.15, 0.2) is 12.1 Å². The number of benzene rings is 1. The third-order valence-corrected chi connectivity index (χ3v) is 4.65. The van der Waals surface area contributed by atoms with Crippen LogP contribution < -0.4 is 14.8 Å². The Morgan fingerprint density at radius 3 is 2.70 bits per heavy atom. The molecule has 126 valence electrons. The van der Waals surface area contributed by atoms with Crippen molar-refractivity contribution in [2.24, 2.45) is 5.92 Å². The molecule has 1 saturated heterocycles. The van der Waals surface area contributed by atoms with Gasteiger partial charge in [0.25, 0.3) is 0 Å². The third kappa shape index (κ3) is 3.29. The summed E-state index contributed by atoms with van der Waals surface area (Å²) in [6.07, 6.45) is 4.64. The van der Waals surface area contributed by atoms with Gasteiger partial charge in [-0.25, -0.2) is 4.98 Å². The maximum Gasteiger partial charge on any atom is 0.163 e. The number of hydrogen-bond acceptors (Lipinski definition) is 4. The smallest absolute Gasteiger partial charge is 0.163 e. The quantitative estimate of drug-likeness (QED) is 0.890. The molecule has 2 aromatic rings. The molecule has 0 aliphatic carbocycles. The largest absolute Gasteiger partial charge is 0.493 e. The van der Waals surface area contributed by atoms with Crippen molar-refractivity contribution in [1.29, 1.82) is 0 Å².